The zero-order chi connectivity index (χ0) is 14.4. The summed E-state index contributed by atoms with van der Waals surface area (Å²) in [5, 5.41) is 7.49. The van der Waals surface area contributed by atoms with E-state index < -0.39 is 0 Å². The van der Waals surface area contributed by atoms with E-state index >= 15 is 0 Å². The molecule has 20 heavy (non-hydrogen) atoms. The fourth-order valence-electron chi connectivity index (χ4n) is 1.97. The molecule has 0 saturated heterocycles. The van der Waals surface area contributed by atoms with Crippen molar-refractivity contribution >= 4 is 27.5 Å². The van der Waals surface area contributed by atoms with E-state index in [1.807, 2.05) is 18.3 Å². The fourth-order valence-corrected chi connectivity index (χ4v) is 2.96. The monoisotopic (exact) mass is 355 g/mol. The number of benzene rings is 1. The third-order valence-corrected chi connectivity index (χ3v) is 4.59. The van der Waals surface area contributed by atoms with Crippen molar-refractivity contribution in [2.45, 2.75) is 25.8 Å². The topological polar surface area (TPSA) is 47.0 Å². The number of ether oxygens (including phenoxy) is 1. The molecule has 1 heterocycles. The van der Waals surface area contributed by atoms with Crippen LogP contribution in [-0.4, -0.2) is 23.2 Å². The maximum atomic E-state index is 5.30. The second-order valence-electron chi connectivity index (χ2n) is 4.49. The molecule has 4 nitrogen and oxygen atoms in total. The standard InChI is InChI=1S/C14H18BrN3OS/c1-3-6-16-13(14-9-17-18-20-14)8-10-7-11(19-2)4-5-12(10)15/h4-5,7,9,13,16H,3,6,8H2,1-2H3. The van der Waals surface area contributed by atoms with E-state index in [9.17, 15) is 0 Å². The summed E-state index contributed by atoms with van der Waals surface area (Å²) in [5.74, 6) is 0.875. The van der Waals surface area contributed by atoms with Crippen molar-refractivity contribution in [2.24, 2.45) is 0 Å². The molecule has 0 aliphatic carbocycles. The van der Waals surface area contributed by atoms with Gasteiger partial charge in [0.1, 0.15) is 5.75 Å². The number of rotatable bonds is 7. The van der Waals surface area contributed by atoms with Gasteiger partial charge >= 0.3 is 0 Å². The molecule has 0 amide bonds. The fraction of sp³-hybridized carbons (Fsp3) is 0.429. The van der Waals surface area contributed by atoms with Crippen LogP contribution in [0.15, 0.2) is 28.9 Å². The minimum absolute atomic E-state index is 0.235. The maximum absolute atomic E-state index is 5.30. The van der Waals surface area contributed by atoms with Gasteiger partial charge in [0.15, 0.2) is 0 Å². The predicted octanol–water partition coefficient (Wildman–Crippen LogP) is 3.59. The molecule has 108 valence electrons. The number of nitrogens with zero attached hydrogens (tertiary/aromatic N) is 2. The minimum Gasteiger partial charge on any atom is -0.497 e. The van der Waals surface area contributed by atoms with E-state index in [0.29, 0.717) is 0 Å². The summed E-state index contributed by atoms with van der Waals surface area (Å²) in [6, 6.07) is 6.28. The van der Waals surface area contributed by atoms with Crippen LogP contribution in [0.5, 0.6) is 5.75 Å². The summed E-state index contributed by atoms with van der Waals surface area (Å²) < 4.78 is 10.4. The normalized spacial score (nSPS) is 12.3. The van der Waals surface area contributed by atoms with Crippen LogP contribution in [0.25, 0.3) is 0 Å². The summed E-state index contributed by atoms with van der Waals surface area (Å²) in [6.07, 6.45) is 3.82. The first-order chi connectivity index (χ1) is 9.74. The van der Waals surface area contributed by atoms with Crippen molar-refractivity contribution in [1.29, 1.82) is 0 Å². The zero-order valence-electron chi connectivity index (χ0n) is 11.6. The number of hydrogen-bond acceptors (Lipinski definition) is 5. The van der Waals surface area contributed by atoms with Crippen LogP contribution < -0.4 is 10.1 Å². The lowest BCUT2D eigenvalue weighted by Gasteiger charge is -2.17. The van der Waals surface area contributed by atoms with E-state index in [1.54, 1.807) is 7.11 Å². The van der Waals surface area contributed by atoms with Gasteiger partial charge in [-0.25, -0.2) is 0 Å². The third kappa shape index (κ3) is 4.01. The van der Waals surface area contributed by atoms with Crippen LogP contribution in [0, 0.1) is 0 Å². The molecule has 1 aromatic heterocycles. The largest absolute Gasteiger partial charge is 0.497 e. The molecule has 1 N–H and O–H groups in total. The van der Waals surface area contributed by atoms with Crippen molar-refractivity contribution in [2.75, 3.05) is 13.7 Å². The molecule has 1 aromatic carbocycles. The van der Waals surface area contributed by atoms with Gasteiger partial charge in [0.05, 0.1) is 18.2 Å². The Labute approximate surface area is 131 Å². The van der Waals surface area contributed by atoms with Gasteiger partial charge in [-0.15, -0.1) is 5.10 Å². The highest BCUT2D eigenvalue weighted by molar-refractivity contribution is 9.10. The van der Waals surface area contributed by atoms with Gasteiger partial charge in [-0.3, -0.25) is 0 Å². The Bertz CT molecular complexity index is 533. The summed E-state index contributed by atoms with van der Waals surface area (Å²) >= 11 is 5.05. The Kier molecular flexibility index (Phi) is 5.94. The molecule has 0 spiro atoms. The Morgan fingerprint density at radius 2 is 2.30 bits per heavy atom. The van der Waals surface area contributed by atoms with Crippen LogP contribution in [-0.2, 0) is 6.42 Å². The molecule has 1 unspecified atom stereocenters. The molecule has 2 rings (SSSR count). The summed E-state index contributed by atoms with van der Waals surface area (Å²) in [4.78, 5) is 1.16. The molecule has 1 atom stereocenters. The van der Waals surface area contributed by atoms with E-state index in [4.69, 9.17) is 4.74 Å². The lowest BCUT2D eigenvalue weighted by molar-refractivity contribution is 0.413. The van der Waals surface area contributed by atoms with Crippen LogP contribution in [0.4, 0.5) is 0 Å². The van der Waals surface area contributed by atoms with E-state index in [0.717, 1.165) is 34.5 Å². The number of aromatic nitrogens is 2. The van der Waals surface area contributed by atoms with Crippen molar-refractivity contribution in [3.05, 3.63) is 39.3 Å². The first kappa shape index (κ1) is 15.4. The second kappa shape index (κ2) is 7.71. The summed E-state index contributed by atoms with van der Waals surface area (Å²) in [5.41, 5.74) is 1.21. The van der Waals surface area contributed by atoms with Gasteiger partial charge in [0, 0.05) is 10.5 Å². The first-order valence-corrected chi connectivity index (χ1v) is 8.14. The molecule has 2 aromatic rings. The number of hydrogen-bond donors (Lipinski definition) is 1. The Morgan fingerprint density at radius 3 is 2.95 bits per heavy atom. The maximum Gasteiger partial charge on any atom is 0.119 e. The molecular formula is C14H18BrN3OS. The number of nitrogens with one attached hydrogen (secondary N) is 1. The molecule has 0 fully saturated rings. The van der Waals surface area contributed by atoms with Gasteiger partial charge in [-0.2, -0.15) is 0 Å². The van der Waals surface area contributed by atoms with Crippen molar-refractivity contribution in [1.82, 2.24) is 14.9 Å². The first-order valence-electron chi connectivity index (χ1n) is 6.57. The highest BCUT2D eigenvalue weighted by Crippen LogP contribution is 2.28. The van der Waals surface area contributed by atoms with Gasteiger partial charge in [0.2, 0.25) is 0 Å². The smallest absolute Gasteiger partial charge is 0.119 e. The summed E-state index contributed by atoms with van der Waals surface area (Å²) in [7, 11) is 1.69. The van der Waals surface area contributed by atoms with Crippen LogP contribution >= 0.6 is 27.5 Å². The van der Waals surface area contributed by atoms with E-state index in [-0.39, 0.29) is 6.04 Å². The number of halogens is 1. The lowest BCUT2D eigenvalue weighted by atomic mass is 10.0. The van der Waals surface area contributed by atoms with Crippen molar-refractivity contribution in [3.63, 3.8) is 0 Å². The summed E-state index contributed by atoms with van der Waals surface area (Å²) in [6.45, 7) is 3.14. The van der Waals surface area contributed by atoms with Crippen LogP contribution in [0.1, 0.15) is 29.8 Å². The lowest BCUT2D eigenvalue weighted by Crippen LogP contribution is -2.23. The Balaban J connectivity index is 2.18. The molecular weight excluding hydrogens is 338 g/mol. The number of methoxy groups -OCH3 is 1. The average Bonchev–Trinajstić information content (AvgIpc) is 2.99. The Hall–Kier alpha value is -0.980. The van der Waals surface area contributed by atoms with Gasteiger partial charge in [-0.1, -0.05) is 27.3 Å². The highest BCUT2D eigenvalue weighted by atomic mass is 79.9. The predicted molar refractivity (Wildman–Crippen MR) is 85.3 cm³/mol. The second-order valence-corrected chi connectivity index (χ2v) is 6.16. The van der Waals surface area contributed by atoms with E-state index in [2.05, 4.69) is 43.8 Å². The minimum atomic E-state index is 0.235. The van der Waals surface area contributed by atoms with Gasteiger partial charge < -0.3 is 10.1 Å². The van der Waals surface area contributed by atoms with Gasteiger partial charge in [0.25, 0.3) is 0 Å². The van der Waals surface area contributed by atoms with Crippen LogP contribution in [0.2, 0.25) is 0 Å². The van der Waals surface area contributed by atoms with Gasteiger partial charge in [-0.05, 0) is 54.7 Å². The Morgan fingerprint density at radius 1 is 1.45 bits per heavy atom. The van der Waals surface area contributed by atoms with Crippen molar-refractivity contribution < 1.29 is 4.74 Å². The molecule has 6 heteroatoms. The molecule has 0 aliphatic heterocycles. The van der Waals surface area contributed by atoms with Crippen molar-refractivity contribution in [3.8, 4) is 5.75 Å². The average molecular weight is 356 g/mol. The SMILES string of the molecule is CCCNC(Cc1cc(OC)ccc1Br)c1cnns1. The third-order valence-electron chi connectivity index (χ3n) is 3.04. The molecule has 0 saturated carbocycles. The van der Waals surface area contributed by atoms with E-state index in [1.165, 1.54) is 17.1 Å². The molecule has 0 aliphatic rings. The molecule has 0 radical (unpaired) electrons. The van der Waals surface area contributed by atoms with Crippen LogP contribution in [0.3, 0.4) is 0 Å². The highest BCUT2D eigenvalue weighted by Gasteiger charge is 2.16. The zero-order valence-corrected chi connectivity index (χ0v) is 14.0. The molecule has 0 bridgehead atoms. The quantitative estimate of drug-likeness (QED) is 0.824.